The molecule has 0 amide bonds. The molecule has 0 saturated heterocycles. The van der Waals surface area contributed by atoms with Crippen molar-refractivity contribution in [3.63, 3.8) is 0 Å². The smallest absolute Gasteiger partial charge is 0.337 e. The molecule has 1 rings (SSSR count). The fraction of sp³-hybridized carbons (Fsp3) is 0.182. The minimum atomic E-state index is -0.346. The summed E-state index contributed by atoms with van der Waals surface area (Å²) in [5.74, 6) is 5.53. The molecule has 0 fully saturated rings. The highest BCUT2D eigenvalue weighted by molar-refractivity contribution is 6.19. The van der Waals surface area contributed by atoms with Crippen LogP contribution in [0.1, 0.15) is 15.9 Å². The van der Waals surface area contributed by atoms with Crippen LogP contribution in [0.4, 0.5) is 0 Å². The number of alkyl halides is 1. The summed E-state index contributed by atoms with van der Waals surface area (Å²) in [5, 5.41) is 0. The second kappa shape index (κ2) is 5.31. The molecule has 0 N–H and O–H groups in total. The molecule has 14 heavy (non-hydrogen) atoms. The van der Waals surface area contributed by atoms with Gasteiger partial charge >= 0.3 is 5.97 Å². The molecule has 0 saturated carbocycles. The lowest BCUT2D eigenvalue weighted by Crippen LogP contribution is -2.00. The van der Waals surface area contributed by atoms with Gasteiger partial charge in [0.05, 0.1) is 18.6 Å². The SMILES string of the molecule is COC(=O)c1ccc(C#CCCl)cc1. The molecule has 0 heterocycles. The van der Waals surface area contributed by atoms with Gasteiger partial charge in [0.15, 0.2) is 0 Å². The van der Waals surface area contributed by atoms with Gasteiger partial charge in [0.25, 0.3) is 0 Å². The van der Waals surface area contributed by atoms with Crippen molar-refractivity contribution in [2.45, 2.75) is 0 Å². The standard InChI is InChI=1S/C11H9ClO2/c1-14-11(13)10-6-4-9(5-7-10)3-2-8-12/h4-7H,8H2,1H3. The molecule has 1 aromatic carbocycles. The zero-order valence-electron chi connectivity index (χ0n) is 7.71. The Morgan fingerprint density at radius 2 is 2.07 bits per heavy atom. The van der Waals surface area contributed by atoms with E-state index in [1.807, 2.05) is 0 Å². The highest BCUT2D eigenvalue weighted by atomic mass is 35.5. The topological polar surface area (TPSA) is 26.3 Å². The third kappa shape index (κ3) is 2.79. The Balaban J connectivity index is 2.83. The maximum Gasteiger partial charge on any atom is 0.337 e. The number of carbonyl (C=O) groups is 1. The molecule has 0 bridgehead atoms. The van der Waals surface area contributed by atoms with E-state index in [1.54, 1.807) is 24.3 Å². The van der Waals surface area contributed by atoms with E-state index < -0.39 is 0 Å². The third-order valence-corrected chi connectivity index (χ3v) is 1.74. The second-order valence-corrected chi connectivity index (χ2v) is 2.77. The van der Waals surface area contributed by atoms with Gasteiger partial charge in [0.1, 0.15) is 0 Å². The summed E-state index contributed by atoms with van der Waals surface area (Å²) in [7, 11) is 1.35. The molecular weight excluding hydrogens is 200 g/mol. The molecule has 0 aromatic heterocycles. The number of methoxy groups -OCH3 is 1. The Labute approximate surface area is 87.8 Å². The van der Waals surface area contributed by atoms with Crippen molar-refractivity contribution in [1.29, 1.82) is 0 Å². The number of esters is 1. The Kier molecular flexibility index (Phi) is 4.03. The largest absolute Gasteiger partial charge is 0.465 e. The molecule has 0 aliphatic carbocycles. The first-order valence-corrected chi connectivity index (χ1v) is 4.54. The van der Waals surface area contributed by atoms with Crippen molar-refractivity contribution < 1.29 is 9.53 Å². The van der Waals surface area contributed by atoms with Crippen LogP contribution in [0.2, 0.25) is 0 Å². The van der Waals surface area contributed by atoms with Gasteiger partial charge in [-0.2, -0.15) is 0 Å². The average molecular weight is 209 g/mol. The predicted octanol–water partition coefficient (Wildman–Crippen LogP) is 2.06. The first-order chi connectivity index (χ1) is 6.77. The van der Waals surface area contributed by atoms with Crippen LogP contribution in [0.5, 0.6) is 0 Å². The minimum Gasteiger partial charge on any atom is -0.465 e. The fourth-order valence-electron chi connectivity index (χ4n) is 0.943. The quantitative estimate of drug-likeness (QED) is 0.401. The first-order valence-electron chi connectivity index (χ1n) is 4.01. The summed E-state index contributed by atoms with van der Waals surface area (Å²) >= 11 is 5.41. The van der Waals surface area contributed by atoms with Crippen LogP contribution in [0.25, 0.3) is 0 Å². The lowest BCUT2D eigenvalue weighted by molar-refractivity contribution is 0.0601. The molecule has 72 valence electrons. The van der Waals surface area contributed by atoms with Crippen LogP contribution in [0.15, 0.2) is 24.3 Å². The van der Waals surface area contributed by atoms with E-state index in [1.165, 1.54) is 7.11 Å². The number of carbonyl (C=O) groups excluding carboxylic acids is 1. The number of halogens is 1. The molecule has 0 spiro atoms. The second-order valence-electron chi connectivity index (χ2n) is 2.50. The van der Waals surface area contributed by atoms with Gasteiger partial charge in [-0.1, -0.05) is 11.8 Å². The molecule has 2 nitrogen and oxygen atoms in total. The molecule has 0 unspecified atom stereocenters. The Morgan fingerprint density at radius 3 is 2.57 bits per heavy atom. The summed E-state index contributed by atoms with van der Waals surface area (Å²) in [6.07, 6.45) is 0. The Hall–Kier alpha value is -1.46. The first kappa shape index (κ1) is 10.6. The Bertz CT molecular complexity index is 371. The summed E-state index contributed by atoms with van der Waals surface area (Å²) < 4.78 is 4.56. The van der Waals surface area contributed by atoms with E-state index in [0.717, 1.165) is 5.56 Å². The molecule has 0 aliphatic heterocycles. The molecule has 0 radical (unpaired) electrons. The average Bonchev–Trinajstić information content (AvgIpc) is 2.26. The van der Waals surface area contributed by atoms with Crippen LogP contribution in [-0.4, -0.2) is 19.0 Å². The van der Waals surface area contributed by atoms with Crippen molar-refractivity contribution in [1.82, 2.24) is 0 Å². The number of benzene rings is 1. The third-order valence-electron chi connectivity index (χ3n) is 1.61. The van der Waals surface area contributed by atoms with Crippen LogP contribution < -0.4 is 0 Å². The highest BCUT2D eigenvalue weighted by Gasteiger charge is 2.02. The monoisotopic (exact) mass is 208 g/mol. The van der Waals surface area contributed by atoms with Gasteiger partial charge in [-0.05, 0) is 24.3 Å². The van der Waals surface area contributed by atoms with E-state index in [4.69, 9.17) is 11.6 Å². The van der Waals surface area contributed by atoms with Gasteiger partial charge < -0.3 is 4.74 Å². The lowest BCUT2D eigenvalue weighted by atomic mass is 10.1. The normalized spacial score (nSPS) is 8.71. The number of ether oxygens (including phenoxy) is 1. The van der Waals surface area contributed by atoms with Crippen molar-refractivity contribution >= 4 is 17.6 Å². The van der Waals surface area contributed by atoms with E-state index in [9.17, 15) is 4.79 Å². The van der Waals surface area contributed by atoms with E-state index in [-0.39, 0.29) is 5.97 Å². The number of rotatable bonds is 1. The van der Waals surface area contributed by atoms with E-state index >= 15 is 0 Å². The van der Waals surface area contributed by atoms with Crippen molar-refractivity contribution in [2.24, 2.45) is 0 Å². The zero-order valence-corrected chi connectivity index (χ0v) is 8.47. The molecule has 0 atom stereocenters. The lowest BCUT2D eigenvalue weighted by Gasteiger charge is -1.97. The summed E-state index contributed by atoms with van der Waals surface area (Å²) in [4.78, 5) is 11.1. The fourth-order valence-corrected chi connectivity index (χ4v) is 1.01. The van der Waals surface area contributed by atoms with Gasteiger partial charge in [-0.3, -0.25) is 0 Å². The minimum absolute atomic E-state index is 0.304. The van der Waals surface area contributed by atoms with Crippen LogP contribution in [-0.2, 0) is 4.74 Å². The maximum absolute atomic E-state index is 11.1. The number of hydrogen-bond acceptors (Lipinski definition) is 2. The van der Waals surface area contributed by atoms with Crippen molar-refractivity contribution in [3.8, 4) is 11.8 Å². The molecule has 0 aliphatic rings. The molecule has 1 aromatic rings. The van der Waals surface area contributed by atoms with Gasteiger partial charge in [0, 0.05) is 5.56 Å². The van der Waals surface area contributed by atoms with Crippen molar-refractivity contribution in [3.05, 3.63) is 35.4 Å². The van der Waals surface area contributed by atoms with Gasteiger partial charge in [0.2, 0.25) is 0 Å². The molecular formula is C11H9ClO2. The highest BCUT2D eigenvalue weighted by Crippen LogP contribution is 2.04. The summed E-state index contributed by atoms with van der Waals surface area (Å²) in [6, 6.07) is 6.85. The zero-order chi connectivity index (χ0) is 10.4. The van der Waals surface area contributed by atoms with Gasteiger partial charge in [-0.15, -0.1) is 11.6 Å². The number of hydrogen-bond donors (Lipinski definition) is 0. The van der Waals surface area contributed by atoms with E-state index in [0.29, 0.717) is 11.4 Å². The Morgan fingerprint density at radius 1 is 1.43 bits per heavy atom. The van der Waals surface area contributed by atoms with Crippen LogP contribution in [0, 0.1) is 11.8 Å². The van der Waals surface area contributed by atoms with Crippen LogP contribution in [0.3, 0.4) is 0 Å². The van der Waals surface area contributed by atoms with Gasteiger partial charge in [-0.25, -0.2) is 4.79 Å². The van der Waals surface area contributed by atoms with Crippen molar-refractivity contribution in [2.75, 3.05) is 13.0 Å². The predicted molar refractivity (Wildman–Crippen MR) is 55.4 cm³/mol. The molecule has 3 heteroatoms. The van der Waals surface area contributed by atoms with Crippen LogP contribution >= 0.6 is 11.6 Å². The maximum atomic E-state index is 11.1. The van der Waals surface area contributed by atoms with E-state index in [2.05, 4.69) is 16.6 Å². The summed E-state index contributed by atoms with van der Waals surface area (Å²) in [6.45, 7) is 0. The summed E-state index contributed by atoms with van der Waals surface area (Å²) in [5.41, 5.74) is 1.35.